The van der Waals surface area contributed by atoms with E-state index >= 15 is 0 Å². The van der Waals surface area contributed by atoms with E-state index in [2.05, 4.69) is 20.8 Å². The second-order valence-electron chi connectivity index (χ2n) is 5.21. The van der Waals surface area contributed by atoms with Crippen molar-refractivity contribution in [2.45, 2.75) is 54.1 Å². The van der Waals surface area contributed by atoms with Crippen molar-refractivity contribution < 1.29 is 9.53 Å². The molecule has 0 heterocycles. The molecule has 0 aliphatic carbocycles. The highest BCUT2D eigenvalue weighted by Gasteiger charge is 2.32. The van der Waals surface area contributed by atoms with Gasteiger partial charge in [-0.3, -0.25) is 4.79 Å². The van der Waals surface area contributed by atoms with Gasteiger partial charge in [0.15, 0.2) is 0 Å². The second kappa shape index (κ2) is 4.81. The van der Waals surface area contributed by atoms with Crippen molar-refractivity contribution in [3.63, 3.8) is 0 Å². The zero-order valence-corrected chi connectivity index (χ0v) is 10.5. The normalized spacial score (nSPS) is 14.6. The Labute approximate surface area is 88.0 Å². The molecule has 0 aromatic heterocycles. The molecule has 0 aliphatic heterocycles. The first-order valence-corrected chi connectivity index (χ1v) is 5.41. The van der Waals surface area contributed by atoms with Crippen LogP contribution in [-0.4, -0.2) is 11.6 Å². The Hall–Kier alpha value is -0.530. The molecule has 0 amide bonds. The van der Waals surface area contributed by atoms with Gasteiger partial charge < -0.3 is 4.74 Å². The van der Waals surface area contributed by atoms with Crippen molar-refractivity contribution in [2.24, 2.45) is 17.8 Å². The molecule has 0 radical (unpaired) electrons. The van der Waals surface area contributed by atoms with Gasteiger partial charge in [0.1, 0.15) is 5.60 Å². The van der Waals surface area contributed by atoms with E-state index in [-0.39, 0.29) is 17.5 Å². The summed E-state index contributed by atoms with van der Waals surface area (Å²) in [5.41, 5.74) is -0.366. The van der Waals surface area contributed by atoms with Crippen molar-refractivity contribution >= 4 is 5.97 Å². The van der Waals surface area contributed by atoms with Gasteiger partial charge in [-0.25, -0.2) is 0 Å². The molecule has 0 fully saturated rings. The van der Waals surface area contributed by atoms with Crippen LogP contribution < -0.4 is 0 Å². The van der Waals surface area contributed by atoms with Gasteiger partial charge in [0, 0.05) is 0 Å². The Morgan fingerprint density at radius 2 is 1.50 bits per heavy atom. The maximum absolute atomic E-state index is 11.5. The third-order valence-electron chi connectivity index (χ3n) is 2.93. The molecule has 0 N–H and O–H groups in total. The van der Waals surface area contributed by atoms with Crippen LogP contribution in [0.2, 0.25) is 0 Å². The molecule has 0 aromatic rings. The predicted octanol–water partition coefficient (Wildman–Crippen LogP) is 3.26. The summed E-state index contributed by atoms with van der Waals surface area (Å²) < 4.78 is 5.48. The van der Waals surface area contributed by atoms with Gasteiger partial charge in [-0.15, -0.1) is 0 Å². The monoisotopic (exact) mass is 200 g/mol. The molecule has 0 aliphatic rings. The summed E-state index contributed by atoms with van der Waals surface area (Å²) in [5, 5.41) is 0. The van der Waals surface area contributed by atoms with Crippen LogP contribution in [-0.2, 0) is 9.53 Å². The molecule has 84 valence electrons. The molecule has 0 spiro atoms. The maximum atomic E-state index is 11.5. The zero-order chi connectivity index (χ0) is 11.5. The van der Waals surface area contributed by atoms with E-state index < -0.39 is 0 Å². The van der Waals surface area contributed by atoms with Crippen molar-refractivity contribution in [3.05, 3.63) is 0 Å². The summed E-state index contributed by atoms with van der Waals surface area (Å²) in [6.45, 7) is 14.1. The Bertz CT molecular complexity index is 192. The van der Waals surface area contributed by atoms with E-state index in [1.807, 2.05) is 27.7 Å². The second-order valence-corrected chi connectivity index (χ2v) is 5.21. The number of hydrogen-bond donors (Lipinski definition) is 0. The van der Waals surface area contributed by atoms with E-state index in [4.69, 9.17) is 4.74 Å². The molecule has 0 aromatic carbocycles. The van der Waals surface area contributed by atoms with Gasteiger partial charge in [-0.2, -0.15) is 0 Å². The minimum atomic E-state index is -0.366. The zero-order valence-electron chi connectivity index (χ0n) is 10.5. The van der Waals surface area contributed by atoms with E-state index in [9.17, 15) is 4.79 Å². The van der Waals surface area contributed by atoms with Crippen LogP contribution in [0.4, 0.5) is 0 Å². The van der Waals surface area contributed by atoms with Crippen LogP contribution in [0.5, 0.6) is 0 Å². The largest absolute Gasteiger partial charge is 0.459 e. The summed E-state index contributed by atoms with van der Waals surface area (Å²) in [4.78, 5) is 11.5. The summed E-state index contributed by atoms with van der Waals surface area (Å²) in [7, 11) is 0. The third-order valence-corrected chi connectivity index (χ3v) is 2.93. The minimum absolute atomic E-state index is 0.0476. The van der Waals surface area contributed by atoms with Gasteiger partial charge in [0.05, 0.1) is 5.92 Å². The topological polar surface area (TPSA) is 26.3 Å². The maximum Gasteiger partial charge on any atom is 0.308 e. The molecule has 2 heteroatoms. The highest BCUT2D eigenvalue weighted by Crippen LogP contribution is 2.28. The SMILES string of the molecule is CC(C)C(=O)OC(C)(C)C(C)C(C)C. The molecule has 1 atom stereocenters. The Morgan fingerprint density at radius 3 is 1.79 bits per heavy atom. The molecule has 0 saturated heterocycles. The molecular formula is C12H24O2. The number of carbonyl (C=O) groups excluding carboxylic acids is 1. The highest BCUT2D eigenvalue weighted by atomic mass is 16.6. The fraction of sp³-hybridized carbons (Fsp3) is 0.917. The average molecular weight is 200 g/mol. The van der Waals surface area contributed by atoms with Crippen molar-refractivity contribution in [1.29, 1.82) is 0 Å². The van der Waals surface area contributed by atoms with Crippen molar-refractivity contribution in [1.82, 2.24) is 0 Å². The van der Waals surface area contributed by atoms with Crippen LogP contribution in [0.3, 0.4) is 0 Å². The predicted molar refractivity (Wildman–Crippen MR) is 59.0 cm³/mol. The Balaban J connectivity index is 4.40. The van der Waals surface area contributed by atoms with Gasteiger partial charge in [0.25, 0.3) is 0 Å². The van der Waals surface area contributed by atoms with E-state index in [1.165, 1.54) is 0 Å². The lowest BCUT2D eigenvalue weighted by molar-refractivity contribution is -0.166. The van der Waals surface area contributed by atoms with Crippen LogP contribution in [0, 0.1) is 17.8 Å². The standard InChI is InChI=1S/C12H24O2/c1-8(2)10(5)12(6,7)14-11(13)9(3)4/h8-10H,1-7H3. The van der Waals surface area contributed by atoms with Crippen molar-refractivity contribution in [2.75, 3.05) is 0 Å². The average Bonchev–Trinajstić information content (AvgIpc) is 2.01. The summed E-state index contributed by atoms with van der Waals surface area (Å²) in [5.74, 6) is 0.728. The third kappa shape index (κ3) is 3.69. The van der Waals surface area contributed by atoms with Crippen LogP contribution in [0.25, 0.3) is 0 Å². The van der Waals surface area contributed by atoms with Gasteiger partial charge in [0.2, 0.25) is 0 Å². The van der Waals surface area contributed by atoms with Crippen LogP contribution in [0.15, 0.2) is 0 Å². The number of ether oxygens (including phenoxy) is 1. The van der Waals surface area contributed by atoms with Gasteiger partial charge in [-0.1, -0.05) is 34.6 Å². The molecule has 0 bridgehead atoms. The fourth-order valence-corrected chi connectivity index (χ4v) is 1.27. The highest BCUT2D eigenvalue weighted by molar-refractivity contribution is 5.72. The lowest BCUT2D eigenvalue weighted by Crippen LogP contribution is -2.38. The summed E-state index contributed by atoms with van der Waals surface area (Å²) in [6, 6.07) is 0. The number of esters is 1. The number of hydrogen-bond acceptors (Lipinski definition) is 2. The lowest BCUT2D eigenvalue weighted by Gasteiger charge is -2.34. The number of carbonyl (C=O) groups is 1. The van der Waals surface area contributed by atoms with Gasteiger partial charge in [-0.05, 0) is 25.7 Å². The molecule has 2 nitrogen and oxygen atoms in total. The first-order chi connectivity index (χ1) is 6.18. The van der Waals surface area contributed by atoms with Crippen LogP contribution >= 0.6 is 0 Å². The van der Waals surface area contributed by atoms with E-state index in [1.54, 1.807) is 0 Å². The lowest BCUT2D eigenvalue weighted by atomic mass is 9.83. The molecule has 1 unspecified atom stereocenters. The quantitative estimate of drug-likeness (QED) is 0.651. The summed E-state index contributed by atoms with van der Waals surface area (Å²) in [6.07, 6.45) is 0. The molecule has 14 heavy (non-hydrogen) atoms. The first-order valence-electron chi connectivity index (χ1n) is 5.41. The van der Waals surface area contributed by atoms with Crippen molar-refractivity contribution in [3.8, 4) is 0 Å². The smallest absolute Gasteiger partial charge is 0.308 e. The fourth-order valence-electron chi connectivity index (χ4n) is 1.27. The van der Waals surface area contributed by atoms with E-state index in [0.29, 0.717) is 11.8 Å². The summed E-state index contributed by atoms with van der Waals surface area (Å²) >= 11 is 0. The van der Waals surface area contributed by atoms with Gasteiger partial charge >= 0.3 is 5.97 Å². The first kappa shape index (κ1) is 13.5. The Morgan fingerprint density at radius 1 is 1.07 bits per heavy atom. The number of rotatable bonds is 4. The van der Waals surface area contributed by atoms with E-state index in [0.717, 1.165) is 0 Å². The minimum Gasteiger partial charge on any atom is -0.459 e. The molecule has 0 rings (SSSR count). The molecular weight excluding hydrogens is 176 g/mol. The Kier molecular flexibility index (Phi) is 4.63. The van der Waals surface area contributed by atoms with Crippen LogP contribution in [0.1, 0.15) is 48.5 Å². The molecule has 0 saturated carbocycles.